The van der Waals surface area contributed by atoms with Crippen molar-refractivity contribution in [1.29, 1.82) is 0 Å². The number of anilines is 1. The van der Waals surface area contributed by atoms with E-state index in [-0.39, 0.29) is 12.1 Å². The number of piperazine rings is 1. The summed E-state index contributed by atoms with van der Waals surface area (Å²) in [6.45, 7) is 6.14. The molecule has 166 valence electrons. The van der Waals surface area contributed by atoms with Crippen LogP contribution >= 0.6 is 11.6 Å². The summed E-state index contributed by atoms with van der Waals surface area (Å²) in [6, 6.07) is 7.92. The third-order valence-electron chi connectivity index (χ3n) is 6.07. The Bertz CT molecular complexity index is 919. The predicted molar refractivity (Wildman–Crippen MR) is 122 cm³/mol. The van der Waals surface area contributed by atoms with Gasteiger partial charge in [-0.15, -0.1) is 0 Å². The number of amides is 2. The molecule has 1 aromatic carbocycles. The van der Waals surface area contributed by atoms with Crippen molar-refractivity contribution in [2.45, 2.75) is 58.0 Å². The molecule has 1 atom stereocenters. The molecule has 1 aromatic heterocycles. The minimum atomic E-state index is 0.0554. The SMILES string of the molecule is Cc1ccc(Cl)c(Oc2cc(N3CCN(C(=O)NC4CCCCC4)C(C)C3)ncn2)c1. The van der Waals surface area contributed by atoms with Crippen LogP contribution in [0.1, 0.15) is 44.6 Å². The number of carbonyl (C=O) groups excluding carboxylic acids is 1. The van der Waals surface area contributed by atoms with Gasteiger partial charge in [-0.2, -0.15) is 0 Å². The summed E-state index contributed by atoms with van der Waals surface area (Å²) in [7, 11) is 0. The maximum Gasteiger partial charge on any atom is 0.317 e. The van der Waals surface area contributed by atoms with Crippen LogP contribution in [0.4, 0.5) is 10.6 Å². The number of aromatic nitrogens is 2. The average Bonchev–Trinajstić information content (AvgIpc) is 2.77. The lowest BCUT2D eigenvalue weighted by molar-refractivity contribution is 0.165. The molecule has 1 N–H and O–H groups in total. The van der Waals surface area contributed by atoms with Crippen molar-refractivity contribution >= 4 is 23.4 Å². The van der Waals surface area contributed by atoms with E-state index in [2.05, 4.69) is 27.1 Å². The Balaban J connectivity index is 1.38. The second-order valence-electron chi connectivity index (χ2n) is 8.52. The molecule has 4 rings (SSSR count). The number of carbonyl (C=O) groups is 1. The van der Waals surface area contributed by atoms with Crippen molar-refractivity contribution in [3.63, 3.8) is 0 Å². The lowest BCUT2D eigenvalue weighted by Gasteiger charge is -2.41. The number of halogens is 1. The Labute approximate surface area is 188 Å². The first-order valence-electron chi connectivity index (χ1n) is 11.1. The molecule has 2 heterocycles. The van der Waals surface area contributed by atoms with E-state index in [4.69, 9.17) is 16.3 Å². The molecule has 1 aliphatic heterocycles. The van der Waals surface area contributed by atoms with Gasteiger partial charge in [0.05, 0.1) is 5.02 Å². The van der Waals surface area contributed by atoms with E-state index in [1.54, 1.807) is 0 Å². The highest BCUT2D eigenvalue weighted by molar-refractivity contribution is 6.32. The Kier molecular flexibility index (Phi) is 6.80. The van der Waals surface area contributed by atoms with Gasteiger partial charge in [0.1, 0.15) is 17.9 Å². The van der Waals surface area contributed by atoms with Gasteiger partial charge in [0, 0.05) is 37.8 Å². The zero-order valence-electron chi connectivity index (χ0n) is 18.2. The number of nitrogens with zero attached hydrogens (tertiary/aromatic N) is 4. The van der Waals surface area contributed by atoms with Crippen LogP contribution in [0.3, 0.4) is 0 Å². The smallest absolute Gasteiger partial charge is 0.317 e. The topological polar surface area (TPSA) is 70.6 Å². The van der Waals surface area contributed by atoms with E-state index < -0.39 is 0 Å². The Morgan fingerprint density at radius 2 is 1.97 bits per heavy atom. The number of ether oxygens (including phenoxy) is 1. The maximum atomic E-state index is 12.8. The maximum absolute atomic E-state index is 12.8. The fourth-order valence-corrected chi connectivity index (χ4v) is 4.49. The molecule has 0 bridgehead atoms. The molecular formula is C23H30ClN5O2. The summed E-state index contributed by atoms with van der Waals surface area (Å²) in [5, 5.41) is 3.77. The largest absolute Gasteiger partial charge is 0.437 e. The van der Waals surface area contributed by atoms with Crippen molar-refractivity contribution in [3.05, 3.63) is 41.2 Å². The van der Waals surface area contributed by atoms with Gasteiger partial charge in [-0.1, -0.05) is 36.9 Å². The number of hydrogen-bond acceptors (Lipinski definition) is 5. The number of hydrogen-bond donors (Lipinski definition) is 1. The fourth-order valence-electron chi connectivity index (χ4n) is 4.33. The molecule has 0 radical (unpaired) electrons. The Morgan fingerprint density at radius 3 is 2.74 bits per heavy atom. The zero-order chi connectivity index (χ0) is 21.8. The van der Waals surface area contributed by atoms with Gasteiger partial charge >= 0.3 is 6.03 Å². The number of rotatable bonds is 4. The minimum absolute atomic E-state index is 0.0554. The molecular weight excluding hydrogens is 414 g/mol. The monoisotopic (exact) mass is 443 g/mol. The van der Waals surface area contributed by atoms with Crippen LogP contribution in [-0.4, -0.2) is 52.6 Å². The van der Waals surface area contributed by atoms with Crippen LogP contribution in [-0.2, 0) is 0 Å². The summed E-state index contributed by atoms with van der Waals surface area (Å²) in [4.78, 5) is 25.5. The van der Waals surface area contributed by atoms with Gasteiger partial charge in [0.25, 0.3) is 0 Å². The highest BCUT2D eigenvalue weighted by Gasteiger charge is 2.29. The molecule has 7 nitrogen and oxygen atoms in total. The van der Waals surface area contributed by atoms with E-state index in [0.717, 1.165) is 24.2 Å². The van der Waals surface area contributed by atoms with Crippen molar-refractivity contribution in [2.75, 3.05) is 24.5 Å². The van der Waals surface area contributed by atoms with Gasteiger partial charge in [-0.3, -0.25) is 0 Å². The summed E-state index contributed by atoms with van der Waals surface area (Å²) in [5.74, 6) is 1.81. The normalized spacial score (nSPS) is 19.9. The molecule has 31 heavy (non-hydrogen) atoms. The highest BCUT2D eigenvalue weighted by atomic mass is 35.5. The molecule has 1 saturated carbocycles. The van der Waals surface area contributed by atoms with Crippen LogP contribution in [0.5, 0.6) is 11.6 Å². The first kappa shape index (κ1) is 21.7. The first-order valence-corrected chi connectivity index (χ1v) is 11.5. The van der Waals surface area contributed by atoms with Gasteiger partial charge in [-0.05, 0) is 44.4 Å². The van der Waals surface area contributed by atoms with Gasteiger partial charge in [-0.25, -0.2) is 14.8 Å². The van der Waals surface area contributed by atoms with E-state index in [1.165, 1.54) is 25.6 Å². The van der Waals surface area contributed by atoms with Gasteiger partial charge < -0.3 is 19.9 Å². The zero-order valence-corrected chi connectivity index (χ0v) is 18.9. The molecule has 2 fully saturated rings. The van der Waals surface area contributed by atoms with Gasteiger partial charge in [0.15, 0.2) is 0 Å². The van der Waals surface area contributed by atoms with Gasteiger partial charge in [0.2, 0.25) is 5.88 Å². The summed E-state index contributed by atoms with van der Waals surface area (Å²) in [5.41, 5.74) is 1.06. The first-order chi connectivity index (χ1) is 15.0. The van der Waals surface area contributed by atoms with Crippen LogP contribution in [0.25, 0.3) is 0 Å². The van der Waals surface area contributed by atoms with E-state index in [0.29, 0.717) is 42.3 Å². The molecule has 2 aromatic rings. The Morgan fingerprint density at radius 1 is 1.16 bits per heavy atom. The average molecular weight is 444 g/mol. The van der Waals surface area contributed by atoms with Crippen LogP contribution in [0.15, 0.2) is 30.6 Å². The lowest BCUT2D eigenvalue weighted by Crippen LogP contribution is -2.58. The fraction of sp³-hybridized carbons (Fsp3) is 0.522. The van der Waals surface area contributed by atoms with E-state index in [9.17, 15) is 4.79 Å². The van der Waals surface area contributed by atoms with Crippen molar-refractivity contribution < 1.29 is 9.53 Å². The summed E-state index contributed by atoms with van der Waals surface area (Å²) in [6.07, 6.45) is 7.38. The molecule has 0 spiro atoms. The molecule has 1 saturated heterocycles. The molecule has 2 amide bonds. The number of nitrogens with one attached hydrogen (secondary N) is 1. The Hall–Kier alpha value is -2.54. The minimum Gasteiger partial charge on any atom is -0.437 e. The third kappa shape index (κ3) is 5.39. The number of urea groups is 1. The lowest BCUT2D eigenvalue weighted by atomic mass is 9.96. The van der Waals surface area contributed by atoms with E-state index in [1.807, 2.05) is 36.1 Å². The number of benzene rings is 1. The molecule has 1 unspecified atom stereocenters. The van der Waals surface area contributed by atoms with Crippen LogP contribution in [0, 0.1) is 6.92 Å². The summed E-state index contributed by atoms with van der Waals surface area (Å²) < 4.78 is 5.91. The number of aryl methyl sites for hydroxylation is 1. The predicted octanol–water partition coefficient (Wildman–Crippen LogP) is 4.78. The third-order valence-corrected chi connectivity index (χ3v) is 6.39. The second-order valence-corrected chi connectivity index (χ2v) is 8.93. The van der Waals surface area contributed by atoms with Crippen molar-refractivity contribution in [3.8, 4) is 11.6 Å². The highest BCUT2D eigenvalue weighted by Crippen LogP contribution is 2.30. The van der Waals surface area contributed by atoms with Crippen molar-refractivity contribution in [1.82, 2.24) is 20.2 Å². The van der Waals surface area contributed by atoms with Crippen LogP contribution < -0.4 is 15.0 Å². The quantitative estimate of drug-likeness (QED) is 0.736. The molecule has 8 heteroatoms. The summed E-state index contributed by atoms with van der Waals surface area (Å²) >= 11 is 6.25. The van der Waals surface area contributed by atoms with Crippen molar-refractivity contribution in [2.24, 2.45) is 0 Å². The second kappa shape index (κ2) is 9.73. The molecule has 1 aliphatic carbocycles. The standard InChI is InChI=1S/C23H30ClN5O2/c1-16-8-9-19(24)20(12-16)31-22-13-21(25-15-26-22)28-10-11-29(17(2)14-28)23(30)27-18-6-4-3-5-7-18/h8-9,12-13,15,17-18H,3-7,10-11,14H2,1-2H3,(H,27,30). The van der Waals surface area contributed by atoms with Crippen LogP contribution in [0.2, 0.25) is 5.02 Å². The van der Waals surface area contributed by atoms with E-state index >= 15 is 0 Å². The molecule has 2 aliphatic rings.